The number of nitrogens with two attached hydrogens (primary N) is 1. The topological polar surface area (TPSA) is 91.5 Å². The zero-order chi connectivity index (χ0) is 19.4. The fourth-order valence-electron chi connectivity index (χ4n) is 3.73. The van der Waals surface area contributed by atoms with E-state index in [-0.39, 0.29) is 11.8 Å². The number of β-amino-alcohol motifs (C(OH)–C–C–N with tert-alkyl or cyclic N) is 1. The first-order valence-electron chi connectivity index (χ1n) is 9.43. The maximum atomic E-state index is 12.9. The maximum absolute atomic E-state index is 12.9. The molecule has 1 aromatic heterocycles. The van der Waals surface area contributed by atoms with Gasteiger partial charge in [0, 0.05) is 32.4 Å². The van der Waals surface area contributed by atoms with E-state index in [2.05, 4.69) is 16.4 Å². The summed E-state index contributed by atoms with van der Waals surface area (Å²) in [7, 11) is 1.76. The Labute approximate surface area is 160 Å². The van der Waals surface area contributed by atoms with Crippen LogP contribution >= 0.6 is 0 Å². The number of aliphatic hydroxyl groups excluding tert-OH is 1. The average molecular weight is 368 g/mol. The molecule has 1 aliphatic heterocycles. The molecular formula is C21H28N4O2. The molecule has 0 spiro atoms. The fourth-order valence-corrected chi connectivity index (χ4v) is 3.73. The molecule has 2 heterocycles. The molecule has 144 valence electrons. The van der Waals surface area contributed by atoms with Gasteiger partial charge < -0.3 is 21.1 Å². The highest BCUT2D eigenvalue weighted by Gasteiger charge is 2.31. The van der Waals surface area contributed by atoms with E-state index in [4.69, 9.17) is 5.73 Å². The minimum absolute atomic E-state index is 0.0910. The number of nitrogens with one attached hydrogen (secondary N) is 1. The normalized spacial score (nSPS) is 19.8. The van der Waals surface area contributed by atoms with E-state index >= 15 is 0 Å². The summed E-state index contributed by atoms with van der Waals surface area (Å²) < 4.78 is 0. The number of hydrogen-bond acceptors (Lipinski definition) is 5. The van der Waals surface area contributed by atoms with E-state index in [1.165, 1.54) is 5.56 Å². The Morgan fingerprint density at radius 2 is 2.04 bits per heavy atom. The molecular weight excluding hydrogens is 340 g/mol. The number of aliphatic hydroxyl groups is 1. The Kier molecular flexibility index (Phi) is 6.08. The predicted octanol–water partition coefficient (Wildman–Crippen LogP) is 1.96. The van der Waals surface area contributed by atoms with Crippen LogP contribution in [0.3, 0.4) is 0 Å². The number of likely N-dealkylation sites (tertiary alicyclic amines) is 1. The van der Waals surface area contributed by atoms with Crippen molar-refractivity contribution in [3.63, 3.8) is 0 Å². The van der Waals surface area contributed by atoms with Crippen LogP contribution in [-0.2, 0) is 13.0 Å². The summed E-state index contributed by atoms with van der Waals surface area (Å²) in [5.41, 5.74) is 9.53. The number of aromatic nitrogens is 1. The van der Waals surface area contributed by atoms with Gasteiger partial charge in [-0.15, -0.1) is 0 Å². The van der Waals surface area contributed by atoms with Gasteiger partial charge in [-0.25, -0.2) is 4.98 Å². The number of carbonyl (C=O) groups is 1. The Morgan fingerprint density at radius 1 is 1.30 bits per heavy atom. The first kappa shape index (κ1) is 19.3. The number of rotatable bonds is 5. The summed E-state index contributed by atoms with van der Waals surface area (Å²) in [4.78, 5) is 19.0. The van der Waals surface area contributed by atoms with Crippen molar-refractivity contribution in [3.8, 4) is 0 Å². The second-order valence-electron chi connectivity index (χ2n) is 7.14. The third-order valence-corrected chi connectivity index (χ3v) is 5.33. The zero-order valence-corrected chi connectivity index (χ0v) is 16.0. The zero-order valence-electron chi connectivity index (χ0n) is 16.0. The molecule has 4 N–H and O–H groups in total. The SMILES string of the molecule is CNc1nc(C)ccc1C(=O)N1CCC(Cc2ccccc2CN)[C@H](O)C1. The quantitative estimate of drug-likeness (QED) is 0.750. The fraction of sp³-hybridized carbons (Fsp3) is 0.429. The van der Waals surface area contributed by atoms with E-state index in [9.17, 15) is 9.90 Å². The van der Waals surface area contributed by atoms with Gasteiger partial charge in [-0.2, -0.15) is 0 Å². The van der Waals surface area contributed by atoms with Crippen LogP contribution in [-0.4, -0.2) is 47.1 Å². The van der Waals surface area contributed by atoms with E-state index in [1.807, 2.05) is 31.2 Å². The molecule has 1 unspecified atom stereocenters. The lowest BCUT2D eigenvalue weighted by Gasteiger charge is -2.36. The molecule has 27 heavy (non-hydrogen) atoms. The van der Waals surface area contributed by atoms with Crippen molar-refractivity contribution in [1.29, 1.82) is 0 Å². The lowest BCUT2D eigenvalue weighted by molar-refractivity contribution is 0.0198. The maximum Gasteiger partial charge on any atom is 0.257 e. The number of carbonyl (C=O) groups excluding carboxylic acids is 1. The van der Waals surface area contributed by atoms with Crippen LogP contribution in [0.2, 0.25) is 0 Å². The van der Waals surface area contributed by atoms with Crippen molar-refractivity contribution in [2.24, 2.45) is 11.7 Å². The molecule has 1 saturated heterocycles. The van der Waals surface area contributed by atoms with Crippen molar-refractivity contribution in [2.75, 3.05) is 25.5 Å². The number of aryl methyl sites for hydroxylation is 1. The van der Waals surface area contributed by atoms with E-state index < -0.39 is 6.10 Å². The Hall–Kier alpha value is -2.44. The van der Waals surface area contributed by atoms with Crippen molar-refractivity contribution in [2.45, 2.75) is 32.4 Å². The van der Waals surface area contributed by atoms with Gasteiger partial charge in [0.25, 0.3) is 5.91 Å². The van der Waals surface area contributed by atoms with Crippen LogP contribution < -0.4 is 11.1 Å². The number of benzene rings is 1. The number of nitrogens with zero attached hydrogens (tertiary/aromatic N) is 2. The summed E-state index contributed by atoms with van der Waals surface area (Å²) in [6, 6.07) is 11.7. The van der Waals surface area contributed by atoms with Crippen LogP contribution in [0.5, 0.6) is 0 Å². The number of amides is 1. The van der Waals surface area contributed by atoms with Crippen molar-refractivity contribution < 1.29 is 9.90 Å². The summed E-state index contributed by atoms with van der Waals surface area (Å²) in [5.74, 6) is 0.613. The Bertz CT molecular complexity index is 809. The van der Waals surface area contributed by atoms with Gasteiger partial charge in [0.15, 0.2) is 0 Å². The largest absolute Gasteiger partial charge is 0.391 e. The van der Waals surface area contributed by atoms with Gasteiger partial charge >= 0.3 is 0 Å². The van der Waals surface area contributed by atoms with E-state index in [0.717, 1.165) is 24.1 Å². The highest BCUT2D eigenvalue weighted by Crippen LogP contribution is 2.26. The lowest BCUT2D eigenvalue weighted by Crippen LogP contribution is -2.47. The van der Waals surface area contributed by atoms with E-state index in [0.29, 0.717) is 31.0 Å². The minimum Gasteiger partial charge on any atom is -0.391 e. The lowest BCUT2D eigenvalue weighted by atomic mass is 9.86. The van der Waals surface area contributed by atoms with Crippen molar-refractivity contribution >= 4 is 11.7 Å². The third kappa shape index (κ3) is 4.28. The number of piperidine rings is 1. The summed E-state index contributed by atoms with van der Waals surface area (Å²) in [6.45, 7) is 3.36. The highest BCUT2D eigenvalue weighted by atomic mass is 16.3. The molecule has 0 bridgehead atoms. The summed E-state index contributed by atoms with van der Waals surface area (Å²) >= 11 is 0. The molecule has 1 amide bonds. The Balaban J connectivity index is 1.69. The molecule has 2 atom stereocenters. The van der Waals surface area contributed by atoms with Crippen molar-refractivity contribution in [3.05, 3.63) is 58.8 Å². The molecule has 1 aliphatic rings. The first-order valence-corrected chi connectivity index (χ1v) is 9.43. The number of anilines is 1. The summed E-state index contributed by atoms with van der Waals surface area (Å²) in [5, 5.41) is 13.7. The van der Waals surface area contributed by atoms with Crippen LogP contribution in [0.4, 0.5) is 5.82 Å². The van der Waals surface area contributed by atoms with E-state index in [1.54, 1.807) is 18.0 Å². The van der Waals surface area contributed by atoms with Gasteiger partial charge in [-0.1, -0.05) is 24.3 Å². The number of pyridine rings is 1. The molecule has 2 aromatic rings. The van der Waals surface area contributed by atoms with Gasteiger partial charge in [0.05, 0.1) is 11.7 Å². The molecule has 1 fully saturated rings. The second-order valence-corrected chi connectivity index (χ2v) is 7.14. The van der Waals surface area contributed by atoms with Crippen LogP contribution in [0.25, 0.3) is 0 Å². The van der Waals surface area contributed by atoms with Gasteiger partial charge in [0.1, 0.15) is 5.82 Å². The monoisotopic (exact) mass is 368 g/mol. The van der Waals surface area contributed by atoms with Crippen LogP contribution in [0.15, 0.2) is 36.4 Å². The molecule has 6 nitrogen and oxygen atoms in total. The molecule has 0 saturated carbocycles. The molecule has 6 heteroatoms. The van der Waals surface area contributed by atoms with Crippen molar-refractivity contribution in [1.82, 2.24) is 9.88 Å². The average Bonchev–Trinajstić information content (AvgIpc) is 2.69. The Morgan fingerprint density at radius 3 is 2.70 bits per heavy atom. The van der Waals surface area contributed by atoms with Crippen LogP contribution in [0.1, 0.15) is 33.6 Å². The van der Waals surface area contributed by atoms with Gasteiger partial charge in [-0.3, -0.25) is 4.79 Å². The minimum atomic E-state index is -0.551. The second kappa shape index (κ2) is 8.50. The summed E-state index contributed by atoms with van der Waals surface area (Å²) in [6.07, 6.45) is 0.995. The molecule has 0 radical (unpaired) electrons. The van der Waals surface area contributed by atoms with Crippen LogP contribution in [0, 0.1) is 12.8 Å². The smallest absolute Gasteiger partial charge is 0.257 e. The van der Waals surface area contributed by atoms with Gasteiger partial charge in [-0.05, 0) is 48.9 Å². The first-order chi connectivity index (χ1) is 13.0. The standard InChI is InChI=1S/C21H28N4O2/c1-14-7-8-18(20(23-2)24-14)21(27)25-10-9-16(19(26)13-25)11-15-5-3-4-6-17(15)12-22/h3-8,16,19,26H,9-13,22H2,1-2H3,(H,23,24)/t16?,19-/m1/s1. The molecule has 0 aliphatic carbocycles. The predicted molar refractivity (Wildman–Crippen MR) is 107 cm³/mol. The molecule has 3 rings (SSSR count). The number of hydrogen-bond donors (Lipinski definition) is 3. The molecule has 1 aromatic carbocycles. The highest BCUT2D eigenvalue weighted by molar-refractivity contribution is 5.98. The third-order valence-electron chi connectivity index (χ3n) is 5.33. The van der Waals surface area contributed by atoms with Gasteiger partial charge in [0.2, 0.25) is 0 Å².